The van der Waals surface area contributed by atoms with E-state index in [0.717, 1.165) is 11.3 Å². The van der Waals surface area contributed by atoms with Crippen LogP contribution in [0, 0.1) is 6.92 Å². The molecule has 96 valence electrons. The molecule has 2 heterocycles. The highest BCUT2D eigenvalue weighted by atomic mass is 35.5. The van der Waals surface area contributed by atoms with Gasteiger partial charge < -0.3 is 5.11 Å². The van der Waals surface area contributed by atoms with Crippen molar-refractivity contribution in [3.05, 3.63) is 46.1 Å². The van der Waals surface area contributed by atoms with Crippen LogP contribution in [0.15, 0.2) is 29.6 Å². The molecule has 0 radical (unpaired) electrons. The van der Waals surface area contributed by atoms with Gasteiger partial charge in [0.05, 0.1) is 11.4 Å². The number of aromatic nitrogens is 2. The molecule has 0 unspecified atom stereocenters. The van der Waals surface area contributed by atoms with E-state index in [9.17, 15) is 4.79 Å². The Kier molecular flexibility index (Phi) is 2.80. The van der Waals surface area contributed by atoms with E-state index in [1.54, 1.807) is 6.92 Å². The predicted octanol–water partition coefficient (Wildman–Crippen LogP) is 3.72. The molecule has 0 amide bonds. The van der Waals surface area contributed by atoms with Gasteiger partial charge in [-0.15, -0.1) is 11.3 Å². The predicted molar refractivity (Wildman–Crippen MR) is 75.2 cm³/mol. The average Bonchev–Trinajstić information content (AvgIpc) is 2.91. The topological polar surface area (TPSA) is 54.6 Å². The Balaban J connectivity index is 2.25. The SMILES string of the molecule is Cc1c(C(=O)O)nc2scc(-c3ccc(Cl)cc3)n12. The van der Waals surface area contributed by atoms with Crippen molar-refractivity contribution in [3.8, 4) is 11.3 Å². The fourth-order valence-electron chi connectivity index (χ4n) is 2.02. The first kappa shape index (κ1) is 12.2. The number of carboxylic acids is 1. The van der Waals surface area contributed by atoms with Gasteiger partial charge in [0.25, 0.3) is 0 Å². The van der Waals surface area contributed by atoms with Crippen molar-refractivity contribution < 1.29 is 9.90 Å². The van der Waals surface area contributed by atoms with Crippen molar-refractivity contribution in [3.63, 3.8) is 0 Å². The molecular formula is C13H9ClN2O2S. The second-order valence-corrected chi connectivity index (χ2v) is 5.37. The van der Waals surface area contributed by atoms with E-state index in [0.29, 0.717) is 15.7 Å². The van der Waals surface area contributed by atoms with Crippen molar-refractivity contribution in [2.75, 3.05) is 0 Å². The summed E-state index contributed by atoms with van der Waals surface area (Å²) in [6, 6.07) is 7.43. The van der Waals surface area contributed by atoms with Gasteiger partial charge in [0.1, 0.15) is 0 Å². The molecular weight excluding hydrogens is 284 g/mol. The number of halogens is 1. The number of imidazole rings is 1. The maximum absolute atomic E-state index is 11.1. The summed E-state index contributed by atoms with van der Waals surface area (Å²) in [6.45, 7) is 1.76. The minimum absolute atomic E-state index is 0.0991. The third kappa shape index (κ3) is 1.91. The van der Waals surface area contributed by atoms with Crippen LogP contribution in [0.4, 0.5) is 0 Å². The van der Waals surface area contributed by atoms with E-state index in [1.807, 2.05) is 34.0 Å². The van der Waals surface area contributed by atoms with Crippen molar-refractivity contribution >= 4 is 33.9 Å². The number of nitrogens with zero attached hydrogens (tertiary/aromatic N) is 2. The van der Waals surface area contributed by atoms with Crippen molar-refractivity contribution in [1.29, 1.82) is 0 Å². The fraction of sp³-hybridized carbons (Fsp3) is 0.0769. The highest BCUT2D eigenvalue weighted by molar-refractivity contribution is 7.15. The van der Waals surface area contributed by atoms with E-state index in [4.69, 9.17) is 16.7 Å². The van der Waals surface area contributed by atoms with Crippen molar-refractivity contribution in [2.24, 2.45) is 0 Å². The summed E-state index contributed by atoms with van der Waals surface area (Å²) in [7, 11) is 0. The lowest BCUT2D eigenvalue weighted by molar-refractivity contribution is 0.0690. The second-order valence-electron chi connectivity index (χ2n) is 4.10. The molecule has 2 aromatic heterocycles. The number of carbonyl (C=O) groups is 1. The number of thiazole rings is 1. The molecule has 0 aliphatic carbocycles. The molecule has 19 heavy (non-hydrogen) atoms. The highest BCUT2D eigenvalue weighted by Crippen LogP contribution is 2.29. The first-order chi connectivity index (χ1) is 9.08. The number of carboxylic acid groups (broad SMARTS) is 1. The Morgan fingerprint density at radius 3 is 2.68 bits per heavy atom. The molecule has 0 fully saturated rings. The minimum atomic E-state index is -1.00. The van der Waals surface area contributed by atoms with Crippen LogP contribution in [0.2, 0.25) is 5.02 Å². The van der Waals surface area contributed by atoms with Gasteiger partial charge in [-0.1, -0.05) is 23.7 Å². The first-order valence-electron chi connectivity index (χ1n) is 5.53. The third-order valence-electron chi connectivity index (χ3n) is 2.94. The van der Waals surface area contributed by atoms with E-state index >= 15 is 0 Å². The van der Waals surface area contributed by atoms with Gasteiger partial charge in [-0.2, -0.15) is 0 Å². The van der Waals surface area contributed by atoms with Crippen LogP contribution in [0.1, 0.15) is 16.2 Å². The summed E-state index contributed by atoms with van der Waals surface area (Å²) in [4.78, 5) is 15.9. The molecule has 4 nitrogen and oxygen atoms in total. The van der Waals surface area contributed by atoms with Gasteiger partial charge in [-0.05, 0) is 24.6 Å². The maximum atomic E-state index is 11.1. The van der Waals surface area contributed by atoms with E-state index in [1.165, 1.54) is 11.3 Å². The number of rotatable bonds is 2. The monoisotopic (exact) mass is 292 g/mol. The Morgan fingerprint density at radius 2 is 2.05 bits per heavy atom. The van der Waals surface area contributed by atoms with Crippen LogP contribution in [0.5, 0.6) is 0 Å². The summed E-state index contributed by atoms with van der Waals surface area (Å²) in [5, 5.41) is 11.7. The number of fused-ring (bicyclic) bond motifs is 1. The van der Waals surface area contributed by atoms with Crippen LogP contribution in [0.25, 0.3) is 16.2 Å². The second kappa shape index (κ2) is 4.36. The van der Waals surface area contributed by atoms with Crippen LogP contribution >= 0.6 is 22.9 Å². The fourth-order valence-corrected chi connectivity index (χ4v) is 3.09. The zero-order chi connectivity index (χ0) is 13.6. The zero-order valence-corrected chi connectivity index (χ0v) is 11.5. The lowest BCUT2D eigenvalue weighted by Gasteiger charge is -2.02. The van der Waals surface area contributed by atoms with E-state index in [2.05, 4.69) is 4.98 Å². The summed E-state index contributed by atoms with van der Waals surface area (Å²) in [6.07, 6.45) is 0. The van der Waals surface area contributed by atoms with Crippen LogP contribution in [-0.4, -0.2) is 20.5 Å². The molecule has 1 N–H and O–H groups in total. The van der Waals surface area contributed by atoms with Crippen LogP contribution in [-0.2, 0) is 0 Å². The van der Waals surface area contributed by atoms with Crippen LogP contribution < -0.4 is 0 Å². The molecule has 0 bridgehead atoms. The molecule has 0 aliphatic rings. The Bertz CT molecular complexity index is 774. The normalized spacial score (nSPS) is 11.1. The Labute approximate surface area is 117 Å². The van der Waals surface area contributed by atoms with E-state index in [-0.39, 0.29) is 5.69 Å². The van der Waals surface area contributed by atoms with Gasteiger partial charge >= 0.3 is 5.97 Å². The Morgan fingerprint density at radius 1 is 1.37 bits per heavy atom. The van der Waals surface area contributed by atoms with Crippen LogP contribution in [0.3, 0.4) is 0 Å². The van der Waals surface area contributed by atoms with Gasteiger partial charge in [0.15, 0.2) is 10.7 Å². The quantitative estimate of drug-likeness (QED) is 0.783. The number of hydrogen-bond acceptors (Lipinski definition) is 3. The lowest BCUT2D eigenvalue weighted by atomic mass is 10.2. The number of aromatic carboxylic acids is 1. The van der Waals surface area contributed by atoms with Crippen molar-refractivity contribution in [1.82, 2.24) is 9.38 Å². The number of hydrogen-bond donors (Lipinski definition) is 1. The van der Waals surface area contributed by atoms with Gasteiger partial charge in [0.2, 0.25) is 0 Å². The Hall–Kier alpha value is -1.85. The highest BCUT2D eigenvalue weighted by Gasteiger charge is 2.18. The average molecular weight is 293 g/mol. The van der Waals surface area contributed by atoms with E-state index < -0.39 is 5.97 Å². The van der Waals surface area contributed by atoms with Gasteiger partial charge in [0, 0.05) is 10.4 Å². The summed E-state index contributed by atoms with van der Waals surface area (Å²) in [5.41, 5.74) is 2.64. The molecule has 3 aromatic rings. The number of aryl methyl sites for hydroxylation is 1. The molecule has 1 aromatic carbocycles. The molecule has 0 saturated heterocycles. The molecule has 3 rings (SSSR count). The minimum Gasteiger partial charge on any atom is -0.476 e. The largest absolute Gasteiger partial charge is 0.476 e. The summed E-state index contributed by atoms with van der Waals surface area (Å²) < 4.78 is 1.86. The maximum Gasteiger partial charge on any atom is 0.356 e. The molecule has 0 saturated carbocycles. The van der Waals surface area contributed by atoms with Gasteiger partial charge in [-0.3, -0.25) is 4.40 Å². The summed E-state index contributed by atoms with van der Waals surface area (Å²) >= 11 is 7.29. The lowest BCUT2D eigenvalue weighted by Crippen LogP contribution is -2.00. The molecule has 0 atom stereocenters. The van der Waals surface area contributed by atoms with Gasteiger partial charge in [-0.25, -0.2) is 9.78 Å². The molecule has 0 spiro atoms. The third-order valence-corrected chi connectivity index (χ3v) is 4.01. The molecule has 6 heteroatoms. The standard InChI is InChI=1S/C13H9ClN2O2S/c1-7-11(12(17)18)15-13-16(7)10(6-19-13)8-2-4-9(14)5-3-8/h2-6H,1H3,(H,17,18). The first-order valence-corrected chi connectivity index (χ1v) is 6.79. The summed E-state index contributed by atoms with van der Waals surface area (Å²) in [5.74, 6) is -1.00. The van der Waals surface area contributed by atoms with Crippen molar-refractivity contribution in [2.45, 2.75) is 6.92 Å². The zero-order valence-electron chi connectivity index (χ0n) is 9.92. The molecule has 0 aliphatic heterocycles. The smallest absolute Gasteiger partial charge is 0.356 e. The number of benzene rings is 1.